The van der Waals surface area contributed by atoms with Gasteiger partial charge in [-0.2, -0.15) is 0 Å². The molecule has 0 fully saturated rings. The molecule has 0 saturated carbocycles. The Balaban J connectivity index is 2.48. The zero-order valence-corrected chi connectivity index (χ0v) is 14.9. The second-order valence-electron chi connectivity index (χ2n) is 5.28. The van der Waals surface area contributed by atoms with E-state index in [4.69, 9.17) is 21.1 Å². The van der Waals surface area contributed by atoms with Crippen LogP contribution in [0.2, 0.25) is 5.02 Å². The minimum atomic E-state index is -0.376. The second kappa shape index (κ2) is 8.55. The molecule has 0 heterocycles. The number of carbonyl (C=O) groups is 1. The molecule has 0 amide bonds. The van der Waals surface area contributed by atoms with Crippen LogP contribution in [0.5, 0.6) is 5.75 Å². The van der Waals surface area contributed by atoms with Crippen molar-refractivity contribution in [3.05, 3.63) is 70.3 Å². The highest BCUT2D eigenvalue weighted by molar-refractivity contribution is 6.30. The lowest BCUT2D eigenvalue weighted by molar-refractivity contribution is -0.137. The van der Waals surface area contributed by atoms with Crippen LogP contribution in [0.25, 0.3) is 5.57 Å². The lowest BCUT2D eigenvalue weighted by atomic mass is 9.96. The van der Waals surface area contributed by atoms with Crippen molar-refractivity contribution < 1.29 is 14.3 Å². The van der Waals surface area contributed by atoms with Crippen molar-refractivity contribution in [2.45, 2.75) is 20.8 Å². The predicted molar refractivity (Wildman–Crippen MR) is 97.5 cm³/mol. The Morgan fingerprint density at radius 2 is 1.75 bits per heavy atom. The number of aryl methyl sites for hydroxylation is 1. The Morgan fingerprint density at radius 3 is 2.33 bits per heavy atom. The first kappa shape index (κ1) is 18.1. The molecule has 0 saturated heterocycles. The Labute approximate surface area is 147 Å². The number of rotatable bonds is 6. The maximum atomic E-state index is 12.0. The highest BCUT2D eigenvalue weighted by Crippen LogP contribution is 2.28. The molecule has 24 heavy (non-hydrogen) atoms. The van der Waals surface area contributed by atoms with E-state index in [0.717, 1.165) is 28.0 Å². The van der Waals surface area contributed by atoms with Crippen LogP contribution in [0, 0.1) is 6.92 Å². The van der Waals surface area contributed by atoms with E-state index in [1.54, 1.807) is 6.92 Å². The monoisotopic (exact) mass is 344 g/mol. The largest absolute Gasteiger partial charge is 0.494 e. The van der Waals surface area contributed by atoms with Crippen molar-refractivity contribution in [3.63, 3.8) is 0 Å². The maximum absolute atomic E-state index is 12.0. The Morgan fingerprint density at radius 1 is 1.04 bits per heavy atom. The lowest BCUT2D eigenvalue weighted by Gasteiger charge is -2.11. The predicted octanol–water partition coefficient (Wildman–Crippen LogP) is 5.04. The third kappa shape index (κ3) is 4.87. The van der Waals surface area contributed by atoms with Crippen molar-refractivity contribution in [3.8, 4) is 5.75 Å². The van der Waals surface area contributed by atoms with Crippen molar-refractivity contribution in [2.75, 3.05) is 13.2 Å². The molecular formula is C20H21ClO3. The number of halogens is 1. The van der Waals surface area contributed by atoms with Gasteiger partial charge in [-0.05, 0) is 67.3 Å². The molecule has 0 unspecified atom stereocenters. The van der Waals surface area contributed by atoms with Crippen LogP contribution in [-0.4, -0.2) is 19.2 Å². The van der Waals surface area contributed by atoms with Gasteiger partial charge in [-0.25, -0.2) is 4.79 Å². The van der Waals surface area contributed by atoms with E-state index in [1.165, 1.54) is 6.08 Å². The van der Waals surface area contributed by atoms with Gasteiger partial charge in [-0.3, -0.25) is 0 Å². The number of hydrogen-bond donors (Lipinski definition) is 0. The van der Waals surface area contributed by atoms with Crippen LogP contribution < -0.4 is 4.74 Å². The number of benzene rings is 2. The minimum Gasteiger partial charge on any atom is -0.494 e. The number of carbonyl (C=O) groups excluding carboxylic acids is 1. The fraction of sp³-hybridized carbons (Fsp3) is 0.250. The molecule has 0 radical (unpaired) electrons. The molecule has 2 aromatic carbocycles. The molecule has 0 aliphatic rings. The molecule has 0 spiro atoms. The van der Waals surface area contributed by atoms with Crippen LogP contribution in [0.4, 0.5) is 0 Å². The third-order valence-corrected chi connectivity index (χ3v) is 3.60. The van der Waals surface area contributed by atoms with Gasteiger partial charge in [0.2, 0.25) is 0 Å². The SMILES string of the molecule is CCOC(=O)/C=C(\c1ccc(OCC)cc1)c1cc(C)cc(Cl)c1. The van der Waals surface area contributed by atoms with E-state index >= 15 is 0 Å². The van der Waals surface area contributed by atoms with Gasteiger partial charge >= 0.3 is 5.97 Å². The quantitative estimate of drug-likeness (QED) is 0.544. The van der Waals surface area contributed by atoms with Gasteiger partial charge in [0, 0.05) is 11.1 Å². The summed E-state index contributed by atoms with van der Waals surface area (Å²) in [6.07, 6.45) is 1.50. The smallest absolute Gasteiger partial charge is 0.331 e. The highest BCUT2D eigenvalue weighted by atomic mass is 35.5. The van der Waals surface area contributed by atoms with E-state index in [1.807, 2.05) is 56.3 Å². The summed E-state index contributed by atoms with van der Waals surface area (Å²) in [6, 6.07) is 13.3. The summed E-state index contributed by atoms with van der Waals surface area (Å²) in [6.45, 7) is 6.63. The Kier molecular flexibility index (Phi) is 6.44. The molecule has 0 aliphatic carbocycles. The van der Waals surface area contributed by atoms with E-state index in [2.05, 4.69) is 0 Å². The molecular weight excluding hydrogens is 324 g/mol. The molecule has 3 nitrogen and oxygen atoms in total. The average molecular weight is 345 g/mol. The van der Waals surface area contributed by atoms with Gasteiger partial charge in [0.1, 0.15) is 5.75 Å². The lowest BCUT2D eigenvalue weighted by Crippen LogP contribution is -2.02. The molecule has 0 N–H and O–H groups in total. The summed E-state index contributed by atoms with van der Waals surface area (Å²) < 4.78 is 10.5. The van der Waals surface area contributed by atoms with Crippen molar-refractivity contribution in [1.29, 1.82) is 0 Å². The molecule has 0 aromatic heterocycles. The maximum Gasteiger partial charge on any atom is 0.331 e. The summed E-state index contributed by atoms with van der Waals surface area (Å²) in [7, 11) is 0. The zero-order valence-electron chi connectivity index (χ0n) is 14.1. The van der Waals surface area contributed by atoms with Crippen LogP contribution in [-0.2, 0) is 9.53 Å². The first-order valence-corrected chi connectivity index (χ1v) is 8.30. The summed E-state index contributed by atoms with van der Waals surface area (Å²) in [5, 5.41) is 0.630. The first-order chi connectivity index (χ1) is 11.5. The number of hydrogen-bond acceptors (Lipinski definition) is 3. The summed E-state index contributed by atoms with van der Waals surface area (Å²) in [5.41, 5.74) is 3.56. The zero-order chi connectivity index (χ0) is 17.5. The van der Waals surface area contributed by atoms with Crippen LogP contribution in [0.3, 0.4) is 0 Å². The van der Waals surface area contributed by atoms with Crippen molar-refractivity contribution in [2.24, 2.45) is 0 Å². The van der Waals surface area contributed by atoms with Gasteiger partial charge in [-0.1, -0.05) is 29.8 Å². The fourth-order valence-corrected chi connectivity index (χ4v) is 2.71. The summed E-state index contributed by atoms with van der Waals surface area (Å²) in [4.78, 5) is 12.0. The molecule has 0 aliphatic heterocycles. The minimum absolute atomic E-state index is 0.334. The van der Waals surface area contributed by atoms with Crippen LogP contribution >= 0.6 is 11.6 Å². The molecule has 2 aromatic rings. The van der Waals surface area contributed by atoms with Crippen LogP contribution in [0.1, 0.15) is 30.5 Å². The average Bonchev–Trinajstić information content (AvgIpc) is 2.53. The number of ether oxygens (including phenoxy) is 2. The van der Waals surface area contributed by atoms with Crippen molar-refractivity contribution >= 4 is 23.1 Å². The molecule has 2 rings (SSSR count). The van der Waals surface area contributed by atoms with Gasteiger partial charge < -0.3 is 9.47 Å². The Hall–Kier alpha value is -2.26. The van der Waals surface area contributed by atoms with Gasteiger partial charge in [0.05, 0.1) is 13.2 Å². The second-order valence-corrected chi connectivity index (χ2v) is 5.72. The van der Waals surface area contributed by atoms with E-state index in [-0.39, 0.29) is 5.97 Å². The first-order valence-electron chi connectivity index (χ1n) is 7.92. The topological polar surface area (TPSA) is 35.5 Å². The molecule has 0 atom stereocenters. The Bertz CT molecular complexity index is 713. The van der Waals surface area contributed by atoms with Gasteiger partial charge in [0.25, 0.3) is 0 Å². The summed E-state index contributed by atoms with van der Waals surface area (Å²) in [5.74, 6) is 0.415. The van der Waals surface area contributed by atoms with Gasteiger partial charge in [0.15, 0.2) is 0 Å². The van der Waals surface area contributed by atoms with E-state index < -0.39 is 0 Å². The third-order valence-electron chi connectivity index (χ3n) is 3.38. The highest BCUT2D eigenvalue weighted by Gasteiger charge is 2.10. The van der Waals surface area contributed by atoms with E-state index in [9.17, 15) is 4.79 Å². The van der Waals surface area contributed by atoms with Crippen LogP contribution in [0.15, 0.2) is 48.5 Å². The summed E-state index contributed by atoms with van der Waals surface area (Å²) >= 11 is 6.18. The molecule has 4 heteroatoms. The normalized spacial score (nSPS) is 11.2. The fourth-order valence-electron chi connectivity index (χ4n) is 2.42. The molecule has 0 bridgehead atoms. The molecule has 126 valence electrons. The number of esters is 1. The van der Waals surface area contributed by atoms with Crippen molar-refractivity contribution in [1.82, 2.24) is 0 Å². The van der Waals surface area contributed by atoms with Gasteiger partial charge in [-0.15, -0.1) is 0 Å². The standard InChI is InChI=1S/C20H21ClO3/c1-4-23-18-8-6-15(7-9-18)19(13-20(22)24-5-2)16-10-14(3)11-17(21)12-16/h6-13H,4-5H2,1-3H3/b19-13+. The van der Waals surface area contributed by atoms with E-state index in [0.29, 0.717) is 18.2 Å².